The fraction of sp³-hybridized carbons (Fsp3) is 0.476. The molecular weight excluding hydrogens is 409 g/mol. The minimum atomic E-state index is -0.498. The van der Waals surface area contributed by atoms with Crippen LogP contribution in [0.3, 0.4) is 0 Å². The Kier molecular flexibility index (Phi) is 6.34. The maximum Gasteiger partial charge on any atom is 0.318 e. The molecule has 2 atom stereocenters. The highest BCUT2D eigenvalue weighted by Crippen LogP contribution is 2.22. The summed E-state index contributed by atoms with van der Waals surface area (Å²) in [4.78, 5) is 23.5. The lowest BCUT2D eigenvalue weighted by Gasteiger charge is -2.30. The van der Waals surface area contributed by atoms with Crippen LogP contribution in [0.5, 0.6) is 0 Å². The van der Waals surface area contributed by atoms with Crippen LogP contribution in [0, 0.1) is 5.82 Å². The lowest BCUT2D eigenvalue weighted by Crippen LogP contribution is -2.44. The van der Waals surface area contributed by atoms with Crippen LogP contribution >= 0.6 is 11.6 Å². The van der Waals surface area contributed by atoms with Crippen molar-refractivity contribution in [3.63, 3.8) is 0 Å². The SMILES string of the molecule is C[C@@H](NC(=O)N1CCc2cnc(NC3CCCOC3)nc2C1)c1ccc(Cl)c(F)c1. The van der Waals surface area contributed by atoms with Gasteiger partial charge < -0.3 is 20.3 Å². The first-order valence-corrected chi connectivity index (χ1v) is 10.6. The van der Waals surface area contributed by atoms with E-state index in [4.69, 9.17) is 16.3 Å². The number of amides is 2. The van der Waals surface area contributed by atoms with Crippen LogP contribution in [-0.2, 0) is 17.7 Å². The summed E-state index contributed by atoms with van der Waals surface area (Å²) in [6, 6.07) is 4.20. The molecule has 2 aliphatic heterocycles. The van der Waals surface area contributed by atoms with Crippen molar-refractivity contribution in [1.82, 2.24) is 20.2 Å². The quantitative estimate of drug-likeness (QED) is 0.768. The number of hydrogen-bond acceptors (Lipinski definition) is 5. The van der Waals surface area contributed by atoms with Gasteiger partial charge in [0.15, 0.2) is 0 Å². The fourth-order valence-corrected chi connectivity index (χ4v) is 3.84. The number of fused-ring (bicyclic) bond motifs is 1. The number of hydrogen-bond donors (Lipinski definition) is 2. The van der Waals surface area contributed by atoms with Crippen molar-refractivity contribution in [2.45, 2.75) is 44.8 Å². The second-order valence-electron chi connectivity index (χ2n) is 7.74. The Morgan fingerprint density at radius 3 is 3.07 bits per heavy atom. The van der Waals surface area contributed by atoms with Gasteiger partial charge in [-0.15, -0.1) is 0 Å². The normalized spacial score (nSPS) is 19.7. The molecule has 2 amide bonds. The first-order chi connectivity index (χ1) is 14.5. The van der Waals surface area contributed by atoms with E-state index in [1.807, 2.05) is 13.1 Å². The number of ether oxygens (including phenoxy) is 1. The molecule has 2 N–H and O–H groups in total. The summed E-state index contributed by atoms with van der Waals surface area (Å²) in [6.07, 6.45) is 4.58. The molecule has 30 heavy (non-hydrogen) atoms. The summed E-state index contributed by atoms with van der Waals surface area (Å²) < 4.78 is 19.2. The van der Waals surface area contributed by atoms with Crippen molar-refractivity contribution < 1.29 is 13.9 Å². The van der Waals surface area contributed by atoms with Gasteiger partial charge in [0.25, 0.3) is 0 Å². The molecule has 9 heteroatoms. The van der Waals surface area contributed by atoms with Crippen molar-refractivity contribution in [3.8, 4) is 0 Å². The summed E-state index contributed by atoms with van der Waals surface area (Å²) in [5, 5.41) is 6.32. The Morgan fingerprint density at radius 2 is 2.30 bits per heavy atom. The van der Waals surface area contributed by atoms with E-state index in [-0.39, 0.29) is 23.1 Å². The number of carbonyl (C=O) groups is 1. The Balaban J connectivity index is 1.39. The number of carbonyl (C=O) groups excluding carboxylic acids is 1. The van der Waals surface area contributed by atoms with E-state index in [9.17, 15) is 9.18 Å². The first kappa shape index (κ1) is 20.8. The van der Waals surface area contributed by atoms with Crippen LogP contribution in [0.4, 0.5) is 15.1 Å². The van der Waals surface area contributed by atoms with Crippen LogP contribution in [-0.4, -0.2) is 46.7 Å². The summed E-state index contributed by atoms with van der Waals surface area (Å²) in [6.45, 7) is 4.25. The van der Waals surface area contributed by atoms with E-state index >= 15 is 0 Å². The van der Waals surface area contributed by atoms with Crippen LogP contribution < -0.4 is 10.6 Å². The van der Waals surface area contributed by atoms with Gasteiger partial charge in [-0.25, -0.2) is 19.2 Å². The topological polar surface area (TPSA) is 79.4 Å². The molecule has 1 saturated heterocycles. The maximum absolute atomic E-state index is 13.7. The number of nitrogens with zero attached hydrogens (tertiary/aromatic N) is 3. The smallest absolute Gasteiger partial charge is 0.318 e. The number of nitrogens with one attached hydrogen (secondary N) is 2. The predicted octanol–water partition coefficient (Wildman–Crippen LogP) is 3.69. The van der Waals surface area contributed by atoms with E-state index in [1.165, 1.54) is 12.1 Å². The summed E-state index contributed by atoms with van der Waals surface area (Å²) in [7, 11) is 0. The van der Waals surface area contributed by atoms with E-state index in [1.54, 1.807) is 11.0 Å². The molecule has 160 valence electrons. The molecule has 2 aliphatic rings. The average molecular weight is 434 g/mol. The van der Waals surface area contributed by atoms with E-state index in [0.29, 0.717) is 37.6 Å². The van der Waals surface area contributed by atoms with E-state index < -0.39 is 5.82 Å². The largest absolute Gasteiger partial charge is 0.379 e. The van der Waals surface area contributed by atoms with Gasteiger partial charge in [0.05, 0.1) is 36.0 Å². The van der Waals surface area contributed by atoms with Crippen molar-refractivity contribution in [2.75, 3.05) is 25.1 Å². The number of urea groups is 1. The van der Waals surface area contributed by atoms with Gasteiger partial charge in [-0.2, -0.15) is 0 Å². The van der Waals surface area contributed by atoms with Gasteiger partial charge in [0.2, 0.25) is 5.95 Å². The van der Waals surface area contributed by atoms with Crippen molar-refractivity contribution in [1.29, 1.82) is 0 Å². The fourth-order valence-electron chi connectivity index (χ4n) is 3.72. The van der Waals surface area contributed by atoms with Crippen LogP contribution in [0.25, 0.3) is 0 Å². The third-order valence-electron chi connectivity index (χ3n) is 5.51. The van der Waals surface area contributed by atoms with Crippen molar-refractivity contribution >= 4 is 23.6 Å². The zero-order chi connectivity index (χ0) is 21.1. The number of benzene rings is 1. The van der Waals surface area contributed by atoms with Gasteiger partial charge in [-0.3, -0.25) is 0 Å². The Hall–Kier alpha value is -2.45. The van der Waals surface area contributed by atoms with Crippen molar-refractivity contribution in [2.24, 2.45) is 0 Å². The number of halogens is 2. The molecule has 0 spiro atoms. The summed E-state index contributed by atoms with van der Waals surface area (Å²) in [5.41, 5.74) is 2.55. The zero-order valence-corrected chi connectivity index (χ0v) is 17.6. The minimum Gasteiger partial charge on any atom is -0.379 e. The molecule has 2 aromatic rings. The van der Waals surface area contributed by atoms with E-state index in [2.05, 4.69) is 20.6 Å². The van der Waals surface area contributed by atoms with Crippen LogP contribution in [0.15, 0.2) is 24.4 Å². The van der Waals surface area contributed by atoms with Crippen LogP contribution in [0.1, 0.15) is 42.6 Å². The van der Waals surface area contributed by atoms with Gasteiger partial charge in [-0.1, -0.05) is 17.7 Å². The molecule has 1 aromatic carbocycles. The van der Waals surface area contributed by atoms with Gasteiger partial charge in [0.1, 0.15) is 5.82 Å². The second-order valence-corrected chi connectivity index (χ2v) is 8.15. The number of rotatable bonds is 4. The molecule has 1 aromatic heterocycles. The van der Waals surface area contributed by atoms with Gasteiger partial charge in [-0.05, 0) is 49.4 Å². The highest BCUT2D eigenvalue weighted by molar-refractivity contribution is 6.30. The first-order valence-electron chi connectivity index (χ1n) is 10.2. The highest BCUT2D eigenvalue weighted by atomic mass is 35.5. The molecule has 4 rings (SSSR count). The Morgan fingerprint density at radius 1 is 1.43 bits per heavy atom. The van der Waals surface area contributed by atoms with Crippen molar-refractivity contribution in [3.05, 3.63) is 52.1 Å². The number of anilines is 1. The second kappa shape index (κ2) is 9.14. The monoisotopic (exact) mass is 433 g/mol. The average Bonchev–Trinajstić information content (AvgIpc) is 2.75. The molecule has 0 aliphatic carbocycles. The molecule has 3 heterocycles. The lowest BCUT2D eigenvalue weighted by atomic mass is 10.1. The molecule has 0 bridgehead atoms. The standard InChI is InChI=1S/C21H25ClFN5O2/c1-13(14-4-5-17(22)18(23)9-14)25-21(29)28-7-6-15-10-24-20(27-19(15)11-28)26-16-3-2-8-30-12-16/h4-5,9-10,13,16H,2-3,6-8,11-12H2,1H3,(H,25,29)(H,24,26,27)/t13-,16?/m1/s1. The maximum atomic E-state index is 13.7. The predicted molar refractivity (Wildman–Crippen MR) is 112 cm³/mol. The Bertz CT molecular complexity index is 922. The molecule has 0 radical (unpaired) electrons. The number of aromatic nitrogens is 2. The molecule has 1 fully saturated rings. The Labute approximate surface area is 180 Å². The van der Waals surface area contributed by atoms with Gasteiger partial charge in [0, 0.05) is 19.3 Å². The lowest BCUT2D eigenvalue weighted by molar-refractivity contribution is 0.0874. The summed E-state index contributed by atoms with van der Waals surface area (Å²) in [5.74, 6) is 0.0683. The third-order valence-corrected chi connectivity index (χ3v) is 5.82. The summed E-state index contributed by atoms with van der Waals surface area (Å²) >= 11 is 5.74. The highest BCUT2D eigenvalue weighted by Gasteiger charge is 2.24. The zero-order valence-electron chi connectivity index (χ0n) is 16.8. The molecule has 1 unspecified atom stereocenters. The minimum absolute atomic E-state index is 0.0637. The van der Waals surface area contributed by atoms with Gasteiger partial charge >= 0.3 is 6.03 Å². The van der Waals surface area contributed by atoms with Crippen LogP contribution in [0.2, 0.25) is 5.02 Å². The molecule has 7 nitrogen and oxygen atoms in total. The molecular formula is C21H25ClFN5O2. The third kappa shape index (κ3) is 4.82. The molecule has 0 saturated carbocycles. The van der Waals surface area contributed by atoms with E-state index in [0.717, 1.165) is 30.7 Å².